The Bertz CT molecular complexity index is 315. The second-order valence-electron chi connectivity index (χ2n) is 3.32. The van der Waals surface area contributed by atoms with Crippen molar-refractivity contribution in [3.05, 3.63) is 28.7 Å². The lowest BCUT2D eigenvalue weighted by Crippen LogP contribution is -2.29. The van der Waals surface area contributed by atoms with Crippen molar-refractivity contribution < 1.29 is 4.74 Å². The van der Waals surface area contributed by atoms with Crippen LogP contribution in [-0.4, -0.2) is 24.2 Å². The molecule has 1 aromatic heterocycles. The number of aromatic nitrogens is 1. The zero-order valence-electron chi connectivity index (χ0n) is 8.70. The number of hydrogen-bond donors (Lipinski definition) is 2. The molecule has 0 saturated carbocycles. The first-order valence-corrected chi connectivity index (χ1v) is 4.61. The largest absolute Gasteiger partial charge is 0.380 e. The van der Waals surface area contributed by atoms with E-state index in [2.05, 4.69) is 10.3 Å². The SMILES string of the molecule is COC(C)C(C)Nc1ccc(=O)[nH]c1. The van der Waals surface area contributed by atoms with Crippen LogP contribution in [-0.2, 0) is 4.74 Å². The molecule has 4 nitrogen and oxygen atoms in total. The zero-order chi connectivity index (χ0) is 10.6. The van der Waals surface area contributed by atoms with E-state index in [0.717, 1.165) is 5.69 Å². The van der Waals surface area contributed by atoms with E-state index in [1.807, 2.05) is 13.8 Å². The smallest absolute Gasteiger partial charge is 0.248 e. The van der Waals surface area contributed by atoms with Gasteiger partial charge in [0.15, 0.2) is 0 Å². The molecule has 14 heavy (non-hydrogen) atoms. The van der Waals surface area contributed by atoms with Gasteiger partial charge in [0.25, 0.3) is 0 Å². The number of methoxy groups -OCH3 is 1. The van der Waals surface area contributed by atoms with Crippen LogP contribution in [0.4, 0.5) is 5.69 Å². The Hall–Kier alpha value is -1.29. The monoisotopic (exact) mass is 196 g/mol. The quantitative estimate of drug-likeness (QED) is 0.761. The highest BCUT2D eigenvalue weighted by Gasteiger charge is 2.09. The Morgan fingerprint density at radius 3 is 2.64 bits per heavy atom. The lowest BCUT2D eigenvalue weighted by Gasteiger charge is -2.20. The molecule has 2 N–H and O–H groups in total. The van der Waals surface area contributed by atoms with Gasteiger partial charge in [-0.3, -0.25) is 4.79 Å². The fourth-order valence-electron chi connectivity index (χ4n) is 1.08. The maximum absolute atomic E-state index is 10.8. The van der Waals surface area contributed by atoms with Gasteiger partial charge in [-0.25, -0.2) is 0 Å². The van der Waals surface area contributed by atoms with E-state index < -0.39 is 0 Å². The number of anilines is 1. The van der Waals surface area contributed by atoms with Gasteiger partial charge in [0, 0.05) is 25.4 Å². The molecule has 0 fully saturated rings. The number of ether oxygens (including phenoxy) is 1. The molecule has 4 heteroatoms. The van der Waals surface area contributed by atoms with Crippen LogP contribution in [0.25, 0.3) is 0 Å². The lowest BCUT2D eigenvalue weighted by atomic mass is 10.2. The van der Waals surface area contributed by atoms with Crippen LogP contribution in [0.1, 0.15) is 13.8 Å². The third-order valence-electron chi connectivity index (χ3n) is 2.25. The summed E-state index contributed by atoms with van der Waals surface area (Å²) in [6.45, 7) is 4.02. The van der Waals surface area contributed by atoms with E-state index in [1.54, 1.807) is 19.4 Å². The Morgan fingerprint density at radius 1 is 1.43 bits per heavy atom. The minimum absolute atomic E-state index is 0.0945. The molecule has 0 saturated heterocycles. The second-order valence-corrected chi connectivity index (χ2v) is 3.32. The topological polar surface area (TPSA) is 54.1 Å². The van der Waals surface area contributed by atoms with Gasteiger partial charge < -0.3 is 15.0 Å². The minimum Gasteiger partial charge on any atom is -0.380 e. The van der Waals surface area contributed by atoms with Crippen molar-refractivity contribution in [2.45, 2.75) is 26.0 Å². The molecular formula is C10H16N2O2. The Kier molecular flexibility index (Phi) is 3.71. The molecule has 2 unspecified atom stereocenters. The summed E-state index contributed by atoms with van der Waals surface area (Å²) in [5.41, 5.74) is 0.795. The maximum atomic E-state index is 10.8. The van der Waals surface area contributed by atoms with Gasteiger partial charge in [0.2, 0.25) is 5.56 Å². The number of rotatable bonds is 4. The first-order chi connectivity index (χ1) is 6.63. The van der Waals surface area contributed by atoms with Crippen LogP contribution in [0.3, 0.4) is 0 Å². The summed E-state index contributed by atoms with van der Waals surface area (Å²) in [7, 11) is 1.68. The first kappa shape index (κ1) is 10.8. The highest BCUT2D eigenvalue weighted by atomic mass is 16.5. The zero-order valence-corrected chi connectivity index (χ0v) is 8.70. The normalized spacial score (nSPS) is 14.8. The summed E-state index contributed by atoms with van der Waals surface area (Å²) >= 11 is 0. The van der Waals surface area contributed by atoms with Gasteiger partial charge in [0.05, 0.1) is 11.8 Å². The molecule has 1 heterocycles. The number of pyridine rings is 1. The van der Waals surface area contributed by atoms with E-state index in [-0.39, 0.29) is 17.7 Å². The molecule has 0 aliphatic carbocycles. The second kappa shape index (κ2) is 4.81. The lowest BCUT2D eigenvalue weighted by molar-refractivity contribution is 0.106. The molecule has 0 aliphatic rings. The summed E-state index contributed by atoms with van der Waals surface area (Å²) in [6, 6.07) is 3.44. The third-order valence-corrected chi connectivity index (χ3v) is 2.25. The summed E-state index contributed by atoms with van der Waals surface area (Å²) in [4.78, 5) is 13.4. The van der Waals surface area contributed by atoms with Crippen LogP contribution in [0, 0.1) is 0 Å². The van der Waals surface area contributed by atoms with Crippen LogP contribution < -0.4 is 10.9 Å². The summed E-state index contributed by atoms with van der Waals surface area (Å²) in [5, 5.41) is 3.22. The average Bonchev–Trinajstić information content (AvgIpc) is 2.20. The summed E-state index contributed by atoms with van der Waals surface area (Å²) in [6.07, 6.45) is 1.78. The summed E-state index contributed by atoms with van der Waals surface area (Å²) < 4.78 is 5.17. The molecule has 1 rings (SSSR count). The van der Waals surface area contributed by atoms with E-state index in [0.29, 0.717) is 0 Å². The van der Waals surface area contributed by atoms with Gasteiger partial charge in [-0.05, 0) is 19.9 Å². The fraction of sp³-hybridized carbons (Fsp3) is 0.500. The van der Waals surface area contributed by atoms with Crippen molar-refractivity contribution in [1.29, 1.82) is 0 Å². The Labute approximate surface area is 83.3 Å². The molecule has 1 aromatic rings. The van der Waals surface area contributed by atoms with E-state index >= 15 is 0 Å². The number of H-pyrrole nitrogens is 1. The van der Waals surface area contributed by atoms with E-state index in [9.17, 15) is 4.79 Å². The minimum atomic E-state index is -0.0945. The number of aromatic amines is 1. The molecule has 0 radical (unpaired) electrons. The number of nitrogens with one attached hydrogen (secondary N) is 2. The van der Waals surface area contributed by atoms with Gasteiger partial charge in [-0.2, -0.15) is 0 Å². The highest BCUT2D eigenvalue weighted by molar-refractivity contribution is 5.40. The Balaban J connectivity index is 2.60. The van der Waals surface area contributed by atoms with Crippen LogP contribution in [0.15, 0.2) is 23.1 Å². The summed E-state index contributed by atoms with van der Waals surface area (Å²) in [5.74, 6) is 0. The third kappa shape index (κ3) is 2.88. The Morgan fingerprint density at radius 2 is 2.14 bits per heavy atom. The van der Waals surface area contributed by atoms with E-state index in [4.69, 9.17) is 4.74 Å². The number of hydrogen-bond acceptors (Lipinski definition) is 3. The van der Waals surface area contributed by atoms with E-state index in [1.165, 1.54) is 6.07 Å². The highest BCUT2D eigenvalue weighted by Crippen LogP contribution is 2.07. The predicted molar refractivity (Wildman–Crippen MR) is 56.6 cm³/mol. The average molecular weight is 196 g/mol. The van der Waals surface area contributed by atoms with Gasteiger partial charge in [0.1, 0.15) is 0 Å². The molecular weight excluding hydrogens is 180 g/mol. The van der Waals surface area contributed by atoms with Gasteiger partial charge in [-0.15, -0.1) is 0 Å². The standard InChI is InChI=1S/C10H16N2O2/c1-7(8(2)14-3)12-9-4-5-10(13)11-6-9/h4-8,12H,1-3H3,(H,11,13). The van der Waals surface area contributed by atoms with Gasteiger partial charge in [-0.1, -0.05) is 0 Å². The molecule has 0 spiro atoms. The van der Waals surface area contributed by atoms with Crippen LogP contribution >= 0.6 is 0 Å². The van der Waals surface area contributed by atoms with Crippen molar-refractivity contribution in [3.63, 3.8) is 0 Å². The first-order valence-electron chi connectivity index (χ1n) is 4.61. The molecule has 78 valence electrons. The molecule has 0 bridgehead atoms. The molecule has 0 amide bonds. The van der Waals surface area contributed by atoms with Crippen molar-refractivity contribution >= 4 is 5.69 Å². The fourth-order valence-corrected chi connectivity index (χ4v) is 1.08. The van der Waals surface area contributed by atoms with Gasteiger partial charge >= 0.3 is 0 Å². The van der Waals surface area contributed by atoms with Crippen LogP contribution in [0.2, 0.25) is 0 Å². The molecule has 2 atom stereocenters. The van der Waals surface area contributed by atoms with Crippen molar-refractivity contribution in [2.75, 3.05) is 12.4 Å². The molecule has 0 aromatic carbocycles. The maximum Gasteiger partial charge on any atom is 0.248 e. The van der Waals surface area contributed by atoms with Crippen molar-refractivity contribution in [2.24, 2.45) is 0 Å². The van der Waals surface area contributed by atoms with Crippen molar-refractivity contribution in [1.82, 2.24) is 4.98 Å². The van der Waals surface area contributed by atoms with Crippen LogP contribution in [0.5, 0.6) is 0 Å². The molecule has 0 aliphatic heterocycles. The predicted octanol–water partition coefficient (Wildman–Crippen LogP) is 1.21. The van der Waals surface area contributed by atoms with Crippen molar-refractivity contribution in [3.8, 4) is 0 Å².